The van der Waals surface area contributed by atoms with Crippen LogP contribution in [0.4, 0.5) is 10.5 Å². The third-order valence-corrected chi connectivity index (χ3v) is 5.02. The summed E-state index contributed by atoms with van der Waals surface area (Å²) in [6.07, 6.45) is 2.03. The van der Waals surface area contributed by atoms with E-state index in [0.29, 0.717) is 18.4 Å². The number of carbonyl (C=O) groups excluding carboxylic acids is 2. The number of hydrogen-bond donors (Lipinski definition) is 1. The Morgan fingerprint density at radius 1 is 1.17 bits per heavy atom. The van der Waals surface area contributed by atoms with E-state index in [9.17, 15) is 9.59 Å². The Bertz CT molecular complexity index is 621. The third kappa shape index (κ3) is 3.40. The number of piperidine rings is 1. The number of likely N-dealkylation sites (tertiary alicyclic amines) is 1. The normalized spacial score (nSPS) is 24.5. The van der Waals surface area contributed by atoms with Crippen LogP contribution >= 0.6 is 0 Å². The number of nitrogens with zero attached hydrogens (tertiary/aromatic N) is 2. The molecule has 3 amide bonds. The van der Waals surface area contributed by atoms with Gasteiger partial charge in [-0.25, -0.2) is 4.79 Å². The minimum atomic E-state index is -0.517. The number of para-hydroxylation sites is 1. The maximum atomic E-state index is 12.7. The molecule has 3 unspecified atom stereocenters. The molecule has 0 radical (unpaired) electrons. The van der Waals surface area contributed by atoms with Crippen LogP contribution in [0.3, 0.4) is 0 Å². The molecular weight excluding hydrogens is 302 g/mol. The molecule has 0 aromatic heterocycles. The van der Waals surface area contributed by atoms with Gasteiger partial charge >= 0.3 is 6.03 Å². The second-order valence-corrected chi connectivity index (χ2v) is 7.39. The van der Waals surface area contributed by atoms with Gasteiger partial charge in [0.1, 0.15) is 6.04 Å². The first-order chi connectivity index (χ1) is 11.5. The van der Waals surface area contributed by atoms with E-state index < -0.39 is 6.04 Å². The van der Waals surface area contributed by atoms with Gasteiger partial charge in [-0.05, 0) is 43.2 Å². The van der Waals surface area contributed by atoms with Crippen molar-refractivity contribution in [2.45, 2.75) is 39.7 Å². The predicted molar refractivity (Wildman–Crippen MR) is 95.0 cm³/mol. The minimum Gasteiger partial charge on any atom is -0.326 e. The summed E-state index contributed by atoms with van der Waals surface area (Å²) < 4.78 is 0. The van der Waals surface area contributed by atoms with E-state index in [4.69, 9.17) is 0 Å². The first-order valence-electron chi connectivity index (χ1n) is 8.90. The van der Waals surface area contributed by atoms with Crippen molar-refractivity contribution in [3.05, 3.63) is 29.8 Å². The number of anilines is 1. The highest BCUT2D eigenvalue weighted by atomic mass is 16.2. The molecule has 1 aromatic rings. The molecule has 2 heterocycles. The zero-order chi connectivity index (χ0) is 17.3. The van der Waals surface area contributed by atoms with E-state index in [1.165, 1.54) is 5.56 Å². The van der Waals surface area contributed by atoms with Crippen LogP contribution in [0.2, 0.25) is 0 Å². The second kappa shape index (κ2) is 6.83. The van der Waals surface area contributed by atoms with E-state index in [2.05, 4.69) is 25.2 Å². The van der Waals surface area contributed by atoms with Crippen molar-refractivity contribution in [2.75, 3.05) is 24.5 Å². The lowest BCUT2D eigenvalue weighted by Gasteiger charge is -2.35. The fraction of sp³-hybridized carbons (Fsp3) is 0.579. The number of fused-ring (bicyclic) bond motifs is 1. The molecule has 2 aliphatic rings. The molecule has 0 saturated carbocycles. The van der Waals surface area contributed by atoms with Crippen molar-refractivity contribution in [3.8, 4) is 0 Å². The van der Waals surface area contributed by atoms with Gasteiger partial charge in [-0.1, -0.05) is 32.0 Å². The van der Waals surface area contributed by atoms with Crippen LogP contribution < -0.4 is 10.2 Å². The largest absolute Gasteiger partial charge is 0.326 e. The molecule has 2 aliphatic heterocycles. The zero-order valence-electron chi connectivity index (χ0n) is 14.8. The molecule has 1 N–H and O–H groups in total. The first kappa shape index (κ1) is 16.8. The summed E-state index contributed by atoms with van der Waals surface area (Å²) in [5.74, 6) is 0.985. The van der Waals surface area contributed by atoms with Crippen molar-refractivity contribution >= 4 is 17.6 Å². The van der Waals surface area contributed by atoms with Gasteiger partial charge in [0.15, 0.2) is 0 Å². The standard InChI is InChI=1S/C19H27N3O2/c1-13-10-14(2)12-21(11-13)19(24)20-15(3)18(23)22-9-8-16-6-4-5-7-17(16)22/h4-7,13-15H,8-12H2,1-3H3,(H,20,24). The summed E-state index contributed by atoms with van der Waals surface area (Å²) >= 11 is 0. The molecule has 1 fully saturated rings. The SMILES string of the molecule is CC1CC(C)CN(C(=O)NC(C)C(=O)N2CCc3ccccc32)C1. The average Bonchev–Trinajstić information content (AvgIpc) is 2.97. The quantitative estimate of drug-likeness (QED) is 0.907. The Balaban J connectivity index is 1.62. The molecule has 130 valence electrons. The van der Waals surface area contributed by atoms with Gasteiger partial charge in [-0.15, -0.1) is 0 Å². The molecule has 24 heavy (non-hydrogen) atoms. The minimum absolute atomic E-state index is 0.0357. The maximum absolute atomic E-state index is 12.7. The smallest absolute Gasteiger partial charge is 0.318 e. The highest BCUT2D eigenvalue weighted by molar-refractivity contribution is 6.00. The molecule has 3 rings (SSSR count). The Hall–Kier alpha value is -2.04. The van der Waals surface area contributed by atoms with Crippen LogP contribution in [0.15, 0.2) is 24.3 Å². The van der Waals surface area contributed by atoms with Crippen LogP contribution in [0.1, 0.15) is 32.8 Å². The monoisotopic (exact) mass is 329 g/mol. The molecule has 1 aromatic carbocycles. The van der Waals surface area contributed by atoms with Gasteiger partial charge in [0.05, 0.1) is 0 Å². The molecule has 0 aliphatic carbocycles. The van der Waals surface area contributed by atoms with Crippen molar-refractivity contribution < 1.29 is 9.59 Å². The van der Waals surface area contributed by atoms with E-state index in [-0.39, 0.29) is 11.9 Å². The lowest BCUT2D eigenvalue weighted by Crippen LogP contribution is -2.53. The van der Waals surface area contributed by atoms with Crippen LogP contribution in [0.25, 0.3) is 0 Å². The summed E-state index contributed by atoms with van der Waals surface area (Å²) in [6.45, 7) is 8.35. The molecule has 5 nitrogen and oxygen atoms in total. The fourth-order valence-corrected chi connectivity index (χ4v) is 3.97. The molecule has 0 bridgehead atoms. The highest BCUT2D eigenvalue weighted by Gasteiger charge is 2.31. The average molecular weight is 329 g/mol. The summed E-state index contributed by atoms with van der Waals surface area (Å²) in [5.41, 5.74) is 2.17. The van der Waals surface area contributed by atoms with Crippen molar-refractivity contribution in [2.24, 2.45) is 11.8 Å². The van der Waals surface area contributed by atoms with Gasteiger partial charge in [-0.2, -0.15) is 0 Å². The Morgan fingerprint density at radius 3 is 2.54 bits per heavy atom. The maximum Gasteiger partial charge on any atom is 0.318 e. The predicted octanol–water partition coefficient (Wildman–Crippen LogP) is 2.65. The number of nitrogens with one attached hydrogen (secondary N) is 1. The van der Waals surface area contributed by atoms with Gasteiger partial charge < -0.3 is 15.1 Å². The summed E-state index contributed by atoms with van der Waals surface area (Å²) in [4.78, 5) is 28.9. The van der Waals surface area contributed by atoms with Crippen molar-refractivity contribution in [3.63, 3.8) is 0 Å². The molecule has 1 saturated heterocycles. The Kier molecular flexibility index (Phi) is 4.78. The number of carbonyl (C=O) groups is 2. The van der Waals surface area contributed by atoms with E-state index in [1.807, 2.05) is 23.1 Å². The van der Waals surface area contributed by atoms with Crippen LogP contribution in [-0.4, -0.2) is 42.5 Å². The molecule has 5 heteroatoms. The second-order valence-electron chi connectivity index (χ2n) is 7.39. The van der Waals surface area contributed by atoms with Crippen LogP contribution in [0.5, 0.6) is 0 Å². The van der Waals surface area contributed by atoms with Gasteiger partial charge in [0, 0.05) is 25.3 Å². The fourth-order valence-electron chi connectivity index (χ4n) is 3.97. The zero-order valence-corrected chi connectivity index (χ0v) is 14.8. The third-order valence-electron chi connectivity index (χ3n) is 5.02. The van der Waals surface area contributed by atoms with E-state index in [0.717, 1.165) is 31.6 Å². The van der Waals surface area contributed by atoms with Crippen molar-refractivity contribution in [1.82, 2.24) is 10.2 Å². The lowest BCUT2D eigenvalue weighted by atomic mass is 9.92. The van der Waals surface area contributed by atoms with E-state index >= 15 is 0 Å². The number of urea groups is 1. The van der Waals surface area contributed by atoms with Gasteiger partial charge in [-0.3, -0.25) is 4.79 Å². The molecule has 3 atom stereocenters. The molecular formula is C19H27N3O2. The Labute approximate surface area is 144 Å². The molecule has 0 spiro atoms. The number of amides is 3. The number of benzene rings is 1. The topological polar surface area (TPSA) is 52.7 Å². The summed E-state index contributed by atoms with van der Waals surface area (Å²) in [5, 5.41) is 2.89. The Morgan fingerprint density at radius 2 is 1.83 bits per heavy atom. The van der Waals surface area contributed by atoms with Crippen molar-refractivity contribution in [1.29, 1.82) is 0 Å². The first-order valence-corrected chi connectivity index (χ1v) is 8.90. The van der Waals surface area contributed by atoms with Crippen LogP contribution in [0, 0.1) is 11.8 Å². The number of hydrogen-bond acceptors (Lipinski definition) is 2. The van der Waals surface area contributed by atoms with Gasteiger partial charge in [0.25, 0.3) is 0 Å². The number of rotatable bonds is 2. The summed E-state index contributed by atoms with van der Waals surface area (Å²) in [7, 11) is 0. The highest BCUT2D eigenvalue weighted by Crippen LogP contribution is 2.28. The van der Waals surface area contributed by atoms with Gasteiger partial charge in [0.2, 0.25) is 5.91 Å². The van der Waals surface area contributed by atoms with E-state index in [1.54, 1.807) is 11.8 Å². The lowest BCUT2D eigenvalue weighted by molar-refractivity contribution is -0.120. The van der Waals surface area contributed by atoms with Crippen LogP contribution in [-0.2, 0) is 11.2 Å². The summed E-state index contributed by atoms with van der Waals surface area (Å²) in [6, 6.07) is 7.34.